The molecule has 0 amide bonds. The lowest BCUT2D eigenvalue weighted by molar-refractivity contribution is -0.148. The molecule has 170 valence electrons. The zero-order valence-electron chi connectivity index (χ0n) is 19.9. The number of carboxylic acids is 2. The van der Waals surface area contributed by atoms with E-state index in [1.807, 2.05) is 0 Å². The summed E-state index contributed by atoms with van der Waals surface area (Å²) in [5, 5.41) is 18.4. The average molecular weight is 419 g/mol. The van der Waals surface area contributed by atoms with Crippen molar-refractivity contribution < 1.29 is 19.8 Å². The Morgan fingerprint density at radius 3 is 1.37 bits per heavy atom. The van der Waals surface area contributed by atoms with E-state index in [0.29, 0.717) is 0 Å². The van der Waals surface area contributed by atoms with E-state index in [-0.39, 0.29) is 0 Å². The van der Waals surface area contributed by atoms with E-state index in [4.69, 9.17) is 0 Å². The van der Waals surface area contributed by atoms with E-state index in [0.717, 1.165) is 64.2 Å². The third-order valence-corrected chi connectivity index (χ3v) is 6.45. The first-order chi connectivity index (χ1) is 13.9. The van der Waals surface area contributed by atoms with Crippen LogP contribution >= 0.6 is 0 Å². The highest BCUT2D eigenvalue weighted by Crippen LogP contribution is 2.26. The van der Waals surface area contributed by atoms with Crippen molar-refractivity contribution in [1.82, 2.24) is 0 Å². The first kappa shape index (κ1) is 26.2. The lowest BCUT2D eigenvalue weighted by atomic mass is 9.86. The summed E-state index contributed by atoms with van der Waals surface area (Å²) in [5.74, 6) is -1.43. The molecule has 0 atom stereocenters. The third-order valence-electron chi connectivity index (χ3n) is 6.45. The number of aliphatic carboxylic acids is 2. The molecule has 2 N–H and O–H groups in total. The minimum Gasteiger partial charge on any atom is -0.481 e. The van der Waals surface area contributed by atoms with Gasteiger partial charge >= 0.3 is 11.9 Å². The molecule has 0 spiro atoms. The number of hydrogen-bond acceptors (Lipinski definition) is 2. The molecule has 0 heterocycles. The Kier molecular flexibility index (Phi) is 10.1. The predicted octanol–water partition coefficient (Wildman–Crippen LogP) is 6.73. The van der Waals surface area contributed by atoms with Gasteiger partial charge in [-0.05, 0) is 102 Å². The number of unbranched alkanes of at least 4 members (excludes halogenated alkanes) is 4. The summed E-state index contributed by atoms with van der Waals surface area (Å²) in [5.41, 5.74) is 4.22. The van der Waals surface area contributed by atoms with Gasteiger partial charge in [0.25, 0.3) is 0 Å². The van der Waals surface area contributed by atoms with Gasteiger partial charge in [-0.1, -0.05) is 37.8 Å². The van der Waals surface area contributed by atoms with Crippen LogP contribution in [0.4, 0.5) is 0 Å². The first-order valence-corrected chi connectivity index (χ1v) is 11.4. The van der Waals surface area contributed by atoms with E-state index >= 15 is 0 Å². The fourth-order valence-corrected chi connectivity index (χ4v) is 3.82. The number of aryl methyl sites for hydroxylation is 4. The smallest absolute Gasteiger partial charge is 0.309 e. The molecule has 0 aromatic heterocycles. The summed E-state index contributed by atoms with van der Waals surface area (Å²) in [6.45, 7) is 11.5. The van der Waals surface area contributed by atoms with E-state index in [1.54, 1.807) is 27.7 Å². The van der Waals surface area contributed by atoms with Crippen LogP contribution in [0.1, 0.15) is 101 Å². The zero-order chi connectivity index (χ0) is 22.9. The Morgan fingerprint density at radius 1 is 0.667 bits per heavy atom. The molecule has 0 unspecified atom stereocenters. The number of carbonyl (C=O) groups is 2. The third kappa shape index (κ3) is 8.49. The summed E-state index contributed by atoms with van der Waals surface area (Å²) in [6, 6.07) is 4.64. The van der Waals surface area contributed by atoms with Crippen molar-refractivity contribution in [1.29, 1.82) is 0 Å². The fraction of sp³-hybridized carbons (Fsp3) is 0.692. The normalized spacial score (nSPS) is 12.2. The van der Waals surface area contributed by atoms with Gasteiger partial charge in [-0.15, -0.1) is 0 Å². The average Bonchev–Trinajstić information content (AvgIpc) is 2.63. The molecule has 0 bridgehead atoms. The highest BCUT2D eigenvalue weighted by atomic mass is 16.4. The fourth-order valence-electron chi connectivity index (χ4n) is 3.82. The molecule has 4 nitrogen and oxygen atoms in total. The molecule has 0 aliphatic heterocycles. The van der Waals surface area contributed by atoms with Crippen LogP contribution < -0.4 is 0 Å². The molecule has 0 radical (unpaired) electrons. The zero-order valence-corrected chi connectivity index (χ0v) is 19.9. The summed E-state index contributed by atoms with van der Waals surface area (Å²) < 4.78 is 0. The van der Waals surface area contributed by atoms with Gasteiger partial charge in [0, 0.05) is 0 Å². The molecular weight excluding hydrogens is 376 g/mol. The van der Waals surface area contributed by atoms with Gasteiger partial charge in [0.15, 0.2) is 0 Å². The lowest BCUT2D eigenvalue weighted by Gasteiger charge is -2.19. The Labute approximate surface area is 183 Å². The van der Waals surface area contributed by atoms with E-state index in [1.165, 1.54) is 22.3 Å². The van der Waals surface area contributed by atoms with Crippen LogP contribution in [0.5, 0.6) is 0 Å². The maximum atomic E-state index is 11.2. The van der Waals surface area contributed by atoms with Crippen molar-refractivity contribution >= 4 is 11.9 Å². The van der Waals surface area contributed by atoms with Crippen molar-refractivity contribution in [2.24, 2.45) is 10.8 Å². The van der Waals surface area contributed by atoms with Crippen molar-refractivity contribution in [3.63, 3.8) is 0 Å². The molecular formula is C26H42O4. The number of hydrogen-bond donors (Lipinski definition) is 2. The molecule has 30 heavy (non-hydrogen) atoms. The molecule has 1 aromatic rings. The van der Waals surface area contributed by atoms with Crippen LogP contribution in [0.3, 0.4) is 0 Å². The molecule has 0 fully saturated rings. The SMILES string of the molecule is Cc1cc(C)c(CCCCCC(C)(C)C(=O)O)cc1CCCCCC(C)(C)C(=O)O. The van der Waals surface area contributed by atoms with Crippen molar-refractivity contribution in [2.75, 3.05) is 0 Å². The highest BCUT2D eigenvalue weighted by Gasteiger charge is 2.26. The number of rotatable bonds is 14. The quantitative estimate of drug-likeness (QED) is 0.328. The largest absolute Gasteiger partial charge is 0.481 e. The van der Waals surface area contributed by atoms with Crippen LogP contribution in [-0.2, 0) is 22.4 Å². The molecule has 4 heteroatoms. The summed E-state index contributed by atoms with van der Waals surface area (Å²) in [6.07, 6.45) is 9.70. The molecule has 0 saturated carbocycles. The second-order valence-corrected chi connectivity index (χ2v) is 10.2. The van der Waals surface area contributed by atoms with Crippen LogP contribution in [-0.4, -0.2) is 22.2 Å². The maximum absolute atomic E-state index is 11.2. The Bertz CT molecular complexity index is 659. The van der Waals surface area contributed by atoms with Crippen molar-refractivity contribution in [3.05, 3.63) is 34.4 Å². The second kappa shape index (κ2) is 11.5. The lowest BCUT2D eigenvalue weighted by Crippen LogP contribution is -2.23. The van der Waals surface area contributed by atoms with Gasteiger partial charge in [-0.3, -0.25) is 9.59 Å². The summed E-state index contributed by atoms with van der Waals surface area (Å²) >= 11 is 0. The van der Waals surface area contributed by atoms with Gasteiger partial charge in [-0.2, -0.15) is 0 Å². The van der Waals surface area contributed by atoms with Gasteiger partial charge < -0.3 is 10.2 Å². The molecule has 1 rings (SSSR count). The van der Waals surface area contributed by atoms with Gasteiger partial charge in [0.1, 0.15) is 0 Å². The van der Waals surface area contributed by atoms with E-state index in [2.05, 4.69) is 26.0 Å². The summed E-state index contributed by atoms with van der Waals surface area (Å²) in [7, 11) is 0. The Morgan fingerprint density at radius 2 is 1.03 bits per heavy atom. The van der Waals surface area contributed by atoms with Crippen LogP contribution in [0, 0.1) is 24.7 Å². The van der Waals surface area contributed by atoms with Crippen LogP contribution in [0.2, 0.25) is 0 Å². The first-order valence-electron chi connectivity index (χ1n) is 11.4. The minimum absolute atomic E-state index is 0.632. The monoisotopic (exact) mass is 418 g/mol. The predicted molar refractivity (Wildman–Crippen MR) is 123 cm³/mol. The molecule has 1 aromatic carbocycles. The molecule has 0 aliphatic carbocycles. The standard InChI is InChI=1S/C26H42O4/c1-19-17-20(2)22(14-10-8-12-16-26(5,6)24(29)30)18-21(19)13-9-7-11-15-25(3,4)23(27)28/h17-18H,7-16H2,1-6H3,(H,27,28)(H,29,30). The van der Waals surface area contributed by atoms with E-state index < -0.39 is 22.8 Å². The van der Waals surface area contributed by atoms with Gasteiger partial charge in [0.2, 0.25) is 0 Å². The second-order valence-electron chi connectivity index (χ2n) is 10.2. The Hall–Kier alpha value is -1.84. The minimum atomic E-state index is -0.715. The van der Waals surface area contributed by atoms with E-state index in [9.17, 15) is 19.8 Å². The topological polar surface area (TPSA) is 74.6 Å². The number of carboxylic acid groups (broad SMARTS) is 2. The van der Waals surface area contributed by atoms with Gasteiger partial charge in [0.05, 0.1) is 10.8 Å². The molecule has 0 saturated heterocycles. The van der Waals surface area contributed by atoms with Crippen LogP contribution in [0.25, 0.3) is 0 Å². The van der Waals surface area contributed by atoms with Crippen molar-refractivity contribution in [2.45, 2.75) is 106 Å². The van der Waals surface area contributed by atoms with Crippen molar-refractivity contribution in [3.8, 4) is 0 Å². The maximum Gasteiger partial charge on any atom is 0.309 e. The molecule has 0 aliphatic rings. The van der Waals surface area contributed by atoms with Gasteiger partial charge in [-0.25, -0.2) is 0 Å². The summed E-state index contributed by atoms with van der Waals surface area (Å²) in [4.78, 5) is 22.4. The highest BCUT2D eigenvalue weighted by molar-refractivity contribution is 5.73. The number of benzene rings is 1. The van der Waals surface area contributed by atoms with Crippen LogP contribution in [0.15, 0.2) is 12.1 Å². The Balaban J connectivity index is 2.47.